The Balaban J connectivity index is 1.47. The van der Waals surface area contributed by atoms with Crippen LogP contribution in [0.3, 0.4) is 0 Å². The zero-order valence-corrected chi connectivity index (χ0v) is 21.6. The van der Waals surface area contributed by atoms with Gasteiger partial charge in [0.05, 0.1) is 10.5 Å². The van der Waals surface area contributed by atoms with Crippen molar-refractivity contribution in [2.75, 3.05) is 25.0 Å². The van der Waals surface area contributed by atoms with Crippen LogP contribution in [-0.4, -0.2) is 53.1 Å². The molecule has 11 heteroatoms. The Hall–Kier alpha value is -3.54. The molecule has 0 saturated heterocycles. The van der Waals surface area contributed by atoms with Gasteiger partial charge in [-0.25, -0.2) is 13.2 Å². The summed E-state index contributed by atoms with van der Waals surface area (Å²) in [7, 11) is -5.67. The second-order valence-corrected chi connectivity index (χ2v) is 11.5. The Kier molecular flexibility index (Phi) is 6.98. The minimum atomic E-state index is -3.75. The van der Waals surface area contributed by atoms with Crippen molar-refractivity contribution in [2.45, 2.75) is 23.6 Å². The highest BCUT2D eigenvalue weighted by atomic mass is 32.2. The number of carbonyl (C=O) groups is 1. The van der Waals surface area contributed by atoms with Gasteiger partial charge in [0.15, 0.2) is 5.84 Å². The van der Waals surface area contributed by atoms with Crippen LogP contribution in [0.15, 0.2) is 87.0 Å². The summed E-state index contributed by atoms with van der Waals surface area (Å²) in [5.41, 5.74) is 1.37. The number of hydrogen-bond acceptors (Lipinski definition) is 7. The zero-order valence-electron chi connectivity index (χ0n) is 20.0. The molecule has 0 radical (unpaired) electrons. The van der Waals surface area contributed by atoms with Crippen molar-refractivity contribution in [3.8, 4) is 5.75 Å². The molecule has 0 amide bonds. The molecule has 188 valence electrons. The number of rotatable bonds is 7. The van der Waals surface area contributed by atoms with Gasteiger partial charge in [0.25, 0.3) is 10.0 Å². The number of benzene rings is 3. The van der Waals surface area contributed by atoms with Gasteiger partial charge >= 0.3 is 5.97 Å². The van der Waals surface area contributed by atoms with Crippen LogP contribution in [0.1, 0.15) is 29.8 Å². The fraction of sp³-hybridized carbons (Fsp3) is 0.200. The minimum absolute atomic E-state index is 0.105. The molecular weight excluding hydrogens is 502 g/mol. The Morgan fingerprint density at radius 2 is 1.53 bits per heavy atom. The molecule has 0 aromatic heterocycles. The van der Waals surface area contributed by atoms with E-state index in [2.05, 4.69) is 4.40 Å². The summed E-state index contributed by atoms with van der Waals surface area (Å²) < 4.78 is 60.6. The van der Waals surface area contributed by atoms with E-state index in [0.29, 0.717) is 30.2 Å². The largest absolute Gasteiger partial charge is 0.423 e. The van der Waals surface area contributed by atoms with E-state index in [1.165, 1.54) is 34.6 Å². The molecule has 0 saturated carbocycles. The second-order valence-electron chi connectivity index (χ2n) is 7.94. The molecule has 0 aliphatic carbocycles. The number of nitrogens with zero attached hydrogens (tertiary/aromatic N) is 3. The highest BCUT2D eigenvalue weighted by Gasteiger charge is 2.31. The van der Waals surface area contributed by atoms with Crippen LogP contribution in [0.5, 0.6) is 5.75 Å². The molecule has 0 unspecified atom stereocenters. The first-order valence-electron chi connectivity index (χ1n) is 11.2. The van der Waals surface area contributed by atoms with Crippen LogP contribution in [0.2, 0.25) is 0 Å². The first-order valence-corrected chi connectivity index (χ1v) is 14.1. The molecule has 0 bridgehead atoms. The maximum atomic E-state index is 12.6. The Bertz CT molecular complexity index is 1530. The van der Waals surface area contributed by atoms with Crippen LogP contribution in [0.25, 0.3) is 0 Å². The van der Waals surface area contributed by atoms with Crippen molar-refractivity contribution in [2.24, 2.45) is 4.40 Å². The number of carbonyl (C=O) groups excluding carboxylic acids is 1. The number of ether oxygens (including phenoxy) is 1. The molecule has 0 fully saturated rings. The van der Waals surface area contributed by atoms with Crippen LogP contribution in [0.4, 0.5) is 5.69 Å². The van der Waals surface area contributed by atoms with Crippen LogP contribution < -0.4 is 9.64 Å². The molecule has 0 spiro atoms. The maximum absolute atomic E-state index is 12.6. The zero-order chi connectivity index (χ0) is 26.1. The lowest BCUT2D eigenvalue weighted by Crippen LogP contribution is -2.30. The predicted molar refractivity (Wildman–Crippen MR) is 137 cm³/mol. The molecule has 1 aliphatic heterocycles. The number of amidine groups is 1. The molecule has 9 nitrogen and oxygen atoms in total. The number of anilines is 1. The van der Waals surface area contributed by atoms with Gasteiger partial charge in [-0.15, -0.1) is 4.40 Å². The summed E-state index contributed by atoms with van der Waals surface area (Å²) in [5, 5.41) is 0. The third-order valence-corrected chi connectivity index (χ3v) is 9.19. The van der Waals surface area contributed by atoms with Gasteiger partial charge in [-0.1, -0.05) is 26.0 Å². The Morgan fingerprint density at radius 1 is 0.917 bits per heavy atom. The standard InChI is InChI=1S/C25H25N3O6S2/c1-4-28(5-2)36(32,33)21-16-10-18(11-17-21)25(29)34-20-14-12-19(13-15-20)27(3)24-22-8-6-7-9-23(22)35(30,31)26-24/h6-17H,4-5H2,1-3H3. The summed E-state index contributed by atoms with van der Waals surface area (Å²) in [6.07, 6.45) is 0. The molecule has 4 rings (SSSR count). The van der Waals surface area contributed by atoms with E-state index < -0.39 is 26.0 Å². The monoisotopic (exact) mass is 527 g/mol. The van der Waals surface area contributed by atoms with Gasteiger partial charge < -0.3 is 9.64 Å². The molecule has 1 heterocycles. The fourth-order valence-electron chi connectivity index (χ4n) is 3.83. The number of hydrogen-bond donors (Lipinski definition) is 0. The predicted octanol–water partition coefficient (Wildman–Crippen LogP) is 3.52. The average Bonchev–Trinajstić information content (AvgIpc) is 3.15. The van der Waals surface area contributed by atoms with E-state index in [0.717, 1.165) is 0 Å². The van der Waals surface area contributed by atoms with Gasteiger partial charge in [0.2, 0.25) is 10.0 Å². The molecular formula is C25H25N3O6S2. The SMILES string of the molecule is CCN(CC)S(=O)(=O)c1ccc(C(=O)Oc2ccc(N(C)C3=NS(=O)(=O)c4ccccc43)cc2)cc1. The Labute approximate surface area is 210 Å². The number of fused-ring (bicyclic) bond motifs is 1. The molecule has 0 atom stereocenters. The van der Waals surface area contributed by atoms with E-state index in [9.17, 15) is 21.6 Å². The summed E-state index contributed by atoms with van der Waals surface area (Å²) in [6, 6.07) is 18.7. The lowest BCUT2D eigenvalue weighted by Gasteiger charge is -2.19. The average molecular weight is 528 g/mol. The van der Waals surface area contributed by atoms with E-state index >= 15 is 0 Å². The van der Waals surface area contributed by atoms with Crippen molar-refractivity contribution in [1.29, 1.82) is 0 Å². The summed E-state index contributed by atoms with van der Waals surface area (Å²) >= 11 is 0. The van der Waals surface area contributed by atoms with Crippen LogP contribution in [-0.2, 0) is 20.0 Å². The van der Waals surface area contributed by atoms with Crippen molar-refractivity contribution < 1.29 is 26.4 Å². The van der Waals surface area contributed by atoms with E-state index in [4.69, 9.17) is 4.74 Å². The smallest absolute Gasteiger partial charge is 0.343 e. The van der Waals surface area contributed by atoms with E-state index in [1.807, 2.05) is 0 Å². The van der Waals surface area contributed by atoms with E-state index in [1.54, 1.807) is 68.3 Å². The Morgan fingerprint density at radius 3 is 2.14 bits per heavy atom. The normalized spacial score (nSPS) is 14.3. The third-order valence-electron chi connectivity index (χ3n) is 5.80. The number of sulfonamides is 2. The summed E-state index contributed by atoms with van der Waals surface area (Å²) in [6.45, 7) is 4.22. The first-order chi connectivity index (χ1) is 17.1. The summed E-state index contributed by atoms with van der Waals surface area (Å²) in [4.78, 5) is 14.5. The van der Waals surface area contributed by atoms with Crippen molar-refractivity contribution in [1.82, 2.24) is 4.31 Å². The molecule has 3 aromatic rings. The fourth-order valence-corrected chi connectivity index (χ4v) is 6.52. The first kappa shape index (κ1) is 25.5. The molecule has 3 aromatic carbocycles. The lowest BCUT2D eigenvalue weighted by atomic mass is 10.2. The molecule has 1 aliphatic rings. The second kappa shape index (κ2) is 9.84. The van der Waals surface area contributed by atoms with Crippen molar-refractivity contribution in [3.05, 3.63) is 83.9 Å². The van der Waals surface area contributed by atoms with Gasteiger partial charge in [-0.05, 0) is 60.7 Å². The van der Waals surface area contributed by atoms with E-state index in [-0.39, 0.29) is 21.1 Å². The number of esters is 1. The third kappa shape index (κ3) is 4.77. The van der Waals surface area contributed by atoms with Gasteiger partial charge in [-0.3, -0.25) is 0 Å². The summed E-state index contributed by atoms with van der Waals surface area (Å²) in [5.74, 6) is -0.0587. The minimum Gasteiger partial charge on any atom is -0.423 e. The highest BCUT2D eigenvalue weighted by Crippen LogP contribution is 2.30. The van der Waals surface area contributed by atoms with Gasteiger partial charge in [0.1, 0.15) is 10.6 Å². The molecule has 0 N–H and O–H groups in total. The highest BCUT2D eigenvalue weighted by molar-refractivity contribution is 7.90. The topological polar surface area (TPSA) is 113 Å². The van der Waals surface area contributed by atoms with Crippen molar-refractivity contribution >= 4 is 37.5 Å². The maximum Gasteiger partial charge on any atom is 0.343 e. The molecule has 36 heavy (non-hydrogen) atoms. The lowest BCUT2D eigenvalue weighted by molar-refractivity contribution is 0.0734. The quantitative estimate of drug-likeness (QED) is 0.341. The van der Waals surface area contributed by atoms with Crippen LogP contribution >= 0.6 is 0 Å². The van der Waals surface area contributed by atoms with Crippen molar-refractivity contribution in [3.63, 3.8) is 0 Å². The van der Waals surface area contributed by atoms with Gasteiger partial charge in [-0.2, -0.15) is 12.7 Å². The van der Waals surface area contributed by atoms with Gasteiger partial charge in [0, 0.05) is 31.4 Å². The van der Waals surface area contributed by atoms with Crippen LogP contribution in [0, 0.1) is 0 Å².